The molecular formula is C14H19N3O3. The molecule has 0 radical (unpaired) electrons. The van der Waals surface area contributed by atoms with Gasteiger partial charge < -0.3 is 15.0 Å². The van der Waals surface area contributed by atoms with E-state index in [1.807, 2.05) is 31.3 Å². The molecule has 1 heterocycles. The van der Waals surface area contributed by atoms with Crippen LogP contribution in [0.15, 0.2) is 24.4 Å². The Morgan fingerprint density at radius 2 is 2.25 bits per heavy atom. The number of carbonyl (C=O) groups excluding carboxylic acids is 1. The van der Waals surface area contributed by atoms with Crippen molar-refractivity contribution in [2.45, 2.75) is 20.0 Å². The summed E-state index contributed by atoms with van der Waals surface area (Å²) in [4.78, 5) is 19.7. The number of hydrogen-bond acceptors (Lipinski definition) is 3. The normalized spacial score (nSPS) is 10.5. The smallest absolute Gasteiger partial charge is 0.338 e. The number of methoxy groups -OCH3 is 1. The van der Waals surface area contributed by atoms with Crippen molar-refractivity contribution in [3.63, 3.8) is 0 Å². The molecule has 3 N–H and O–H groups in total. The van der Waals surface area contributed by atoms with Gasteiger partial charge in [-0.2, -0.15) is 0 Å². The van der Waals surface area contributed by atoms with Gasteiger partial charge in [-0.3, -0.25) is 4.84 Å². The van der Waals surface area contributed by atoms with Crippen molar-refractivity contribution >= 4 is 16.9 Å². The molecule has 1 aromatic carbocycles. The van der Waals surface area contributed by atoms with Gasteiger partial charge in [-0.05, 0) is 24.6 Å². The number of amides is 2. The predicted molar refractivity (Wildman–Crippen MR) is 76.5 cm³/mol. The molecule has 1 aromatic heterocycles. The van der Waals surface area contributed by atoms with Crippen LogP contribution in [0.25, 0.3) is 10.9 Å². The molecule has 0 aliphatic rings. The quantitative estimate of drug-likeness (QED) is 0.709. The Morgan fingerprint density at radius 3 is 3.00 bits per heavy atom. The van der Waals surface area contributed by atoms with E-state index in [1.54, 1.807) is 7.11 Å². The predicted octanol–water partition coefficient (Wildman–Crippen LogP) is 2.32. The average molecular weight is 277 g/mol. The van der Waals surface area contributed by atoms with Crippen molar-refractivity contribution in [2.24, 2.45) is 0 Å². The lowest BCUT2D eigenvalue weighted by Crippen LogP contribution is -2.35. The second-order valence-corrected chi connectivity index (χ2v) is 4.37. The highest BCUT2D eigenvalue weighted by Gasteiger charge is 2.06. The lowest BCUT2D eigenvalue weighted by molar-refractivity contribution is 0.0497. The third kappa shape index (κ3) is 3.42. The average Bonchev–Trinajstić information content (AvgIpc) is 2.87. The van der Waals surface area contributed by atoms with Gasteiger partial charge in [0.15, 0.2) is 0 Å². The Labute approximate surface area is 117 Å². The molecule has 6 heteroatoms. The Kier molecular flexibility index (Phi) is 4.84. The summed E-state index contributed by atoms with van der Waals surface area (Å²) in [6.45, 7) is 2.90. The summed E-state index contributed by atoms with van der Waals surface area (Å²) in [6.07, 6.45) is 2.74. The first-order chi connectivity index (χ1) is 9.74. The van der Waals surface area contributed by atoms with E-state index in [2.05, 4.69) is 15.8 Å². The number of urea groups is 1. The molecule has 0 spiro atoms. The van der Waals surface area contributed by atoms with Gasteiger partial charge in [0.05, 0.1) is 7.11 Å². The summed E-state index contributed by atoms with van der Waals surface area (Å²) in [7, 11) is 1.63. The maximum atomic E-state index is 11.3. The maximum Gasteiger partial charge on any atom is 0.338 e. The van der Waals surface area contributed by atoms with Crippen LogP contribution in [0, 0.1) is 0 Å². The van der Waals surface area contributed by atoms with Gasteiger partial charge in [-0.1, -0.05) is 6.92 Å². The lowest BCUT2D eigenvalue weighted by atomic mass is 10.2. The molecule has 2 aromatic rings. The zero-order chi connectivity index (χ0) is 14.4. The van der Waals surface area contributed by atoms with Gasteiger partial charge in [0, 0.05) is 29.2 Å². The van der Waals surface area contributed by atoms with E-state index in [0.29, 0.717) is 6.54 Å². The first-order valence-corrected chi connectivity index (χ1v) is 6.54. The van der Waals surface area contributed by atoms with E-state index in [4.69, 9.17) is 9.57 Å². The van der Waals surface area contributed by atoms with Crippen LogP contribution in [0.1, 0.15) is 18.9 Å². The number of benzene rings is 1. The third-order valence-corrected chi connectivity index (χ3v) is 2.90. The minimum atomic E-state index is -0.329. The van der Waals surface area contributed by atoms with Crippen molar-refractivity contribution < 1.29 is 14.4 Å². The molecule has 20 heavy (non-hydrogen) atoms. The Morgan fingerprint density at radius 1 is 1.40 bits per heavy atom. The lowest BCUT2D eigenvalue weighted by Gasteiger charge is -2.06. The summed E-state index contributed by atoms with van der Waals surface area (Å²) in [5, 5.41) is 3.68. The van der Waals surface area contributed by atoms with Crippen molar-refractivity contribution in [3.8, 4) is 5.75 Å². The van der Waals surface area contributed by atoms with Crippen LogP contribution < -0.4 is 15.5 Å². The van der Waals surface area contributed by atoms with Gasteiger partial charge in [-0.25, -0.2) is 10.3 Å². The zero-order valence-electron chi connectivity index (χ0n) is 11.7. The number of aromatic nitrogens is 1. The number of rotatable bonds is 6. The van der Waals surface area contributed by atoms with Gasteiger partial charge in [0.25, 0.3) is 0 Å². The molecule has 0 bridgehead atoms. The number of aromatic amines is 1. The SMILES string of the molecule is CCCNC(=O)NOCc1c[nH]c2ccc(OC)cc12. The van der Waals surface area contributed by atoms with Crippen LogP contribution in [0.3, 0.4) is 0 Å². The van der Waals surface area contributed by atoms with Crippen LogP contribution in [0.2, 0.25) is 0 Å². The highest BCUT2D eigenvalue weighted by Crippen LogP contribution is 2.23. The molecule has 0 aliphatic heterocycles. The van der Waals surface area contributed by atoms with Crippen molar-refractivity contribution in [2.75, 3.05) is 13.7 Å². The molecule has 2 rings (SSSR count). The summed E-state index contributed by atoms with van der Waals surface area (Å²) >= 11 is 0. The molecule has 0 saturated carbocycles. The Bertz CT molecular complexity index is 580. The first-order valence-electron chi connectivity index (χ1n) is 6.54. The van der Waals surface area contributed by atoms with E-state index in [0.717, 1.165) is 28.6 Å². The Balaban J connectivity index is 1.94. The summed E-state index contributed by atoms with van der Waals surface area (Å²) in [5.74, 6) is 0.784. The summed E-state index contributed by atoms with van der Waals surface area (Å²) in [6, 6.07) is 5.44. The van der Waals surface area contributed by atoms with Crippen LogP contribution in [-0.2, 0) is 11.4 Å². The van der Waals surface area contributed by atoms with E-state index < -0.39 is 0 Å². The second-order valence-electron chi connectivity index (χ2n) is 4.37. The van der Waals surface area contributed by atoms with Crippen molar-refractivity contribution in [3.05, 3.63) is 30.0 Å². The molecule has 108 valence electrons. The number of carbonyl (C=O) groups is 1. The van der Waals surface area contributed by atoms with E-state index in [-0.39, 0.29) is 12.6 Å². The van der Waals surface area contributed by atoms with E-state index >= 15 is 0 Å². The number of ether oxygens (including phenoxy) is 1. The van der Waals surface area contributed by atoms with Crippen LogP contribution in [0.4, 0.5) is 4.79 Å². The number of H-pyrrole nitrogens is 1. The van der Waals surface area contributed by atoms with Crippen molar-refractivity contribution in [1.29, 1.82) is 0 Å². The molecule has 0 saturated heterocycles. The fourth-order valence-electron chi connectivity index (χ4n) is 1.86. The number of hydrogen-bond donors (Lipinski definition) is 3. The van der Waals surface area contributed by atoms with Gasteiger partial charge in [0.2, 0.25) is 0 Å². The molecule has 0 fully saturated rings. The van der Waals surface area contributed by atoms with E-state index in [9.17, 15) is 4.79 Å². The fraction of sp³-hybridized carbons (Fsp3) is 0.357. The summed E-state index contributed by atoms with van der Waals surface area (Å²) in [5.41, 5.74) is 4.31. The molecular weight excluding hydrogens is 258 g/mol. The third-order valence-electron chi connectivity index (χ3n) is 2.90. The highest BCUT2D eigenvalue weighted by atomic mass is 16.7. The monoisotopic (exact) mass is 277 g/mol. The molecule has 6 nitrogen and oxygen atoms in total. The number of hydroxylamine groups is 1. The van der Waals surface area contributed by atoms with Crippen LogP contribution in [0.5, 0.6) is 5.75 Å². The molecule has 2 amide bonds. The van der Waals surface area contributed by atoms with Crippen LogP contribution >= 0.6 is 0 Å². The molecule has 0 aliphatic carbocycles. The van der Waals surface area contributed by atoms with E-state index in [1.165, 1.54) is 0 Å². The fourth-order valence-corrected chi connectivity index (χ4v) is 1.86. The number of fused-ring (bicyclic) bond motifs is 1. The highest BCUT2D eigenvalue weighted by molar-refractivity contribution is 5.84. The topological polar surface area (TPSA) is 75.4 Å². The minimum absolute atomic E-state index is 0.284. The largest absolute Gasteiger partial charge is 0.497 e. The molecule has 0 atom stereocenters. The first kappa shape index (κ1) is 14.2. The minimum Gasteiger partial charge on any atom is -0.497 e. The maximum absolute atomic E-state index is 11.3. The van der Waals surface area contributed by atoms with Crippen molar-refractivity contribution in [1.82, 2.24) is 15.8 Å². The summed E-state index contributed by atoms with van der Waals surface area (Å²) < 4.78 is 5.20. The second kappa shape index (κ2) is 6.81. The zero-order valence-corrected chi connectivity index (χ0v) is 11.7. The van der Waals surface area contributed by atoms with Gasteiger partial charge in [0.1, 0.15) is 12.4 Å². The van der Waals surface area contributed by atoms with Crippen LogP contribution in [-0.4, -0.2) is 24.7 Å². The molecule has 0 unspecified atom stereocenters. The standard InChI is InChI=1S/C14H19N3O3/c1-3-6-15-14(18)17-20-9-10-8-16-13-5-4-11(19-2)7-12(10)13/h4-5,7-8,16H,3,6,9H2,1-2H3,(H2,15,17,18). The van der Waals surface area contributed by atoms with Gasteiger partial charge in [-0.15, -0.1) is 0 Å². The number of nitrogens with one attached hydrogen (secondary N) is 3. The van der Waals surface area contributed by atoms with Gasteiger partial charge >= 0.3 is 6.03 Å². The Hall–Kier alpha value is -2.21.